The molecule has 8 unspecified atom stereocenters. The second-order valence-electron chi connectivity index (χ2n) is 13.6. The van der Waals surface area contributed by atoms with E-state index in [1.165, 1.54) is 63.9 Å². The number of rotatable bonds is 31. The van der Waals surface area contributed by atoms with Crippen LogP contribution < -0.4 is 5.32 Å². The first-order valence-electron chi connectivity index (χ1n) is 19.5. The van der Waals surface area contributed by atoms with Gasteiger partial charge in [-0.3, -0.25) is 9.35 Å². The summed E-state index contributed by atoms with van der Waals surface area (Å²) in [5.74, 6) is -0.721. The molecule has 8 atom stereocenters. The Balaban J connectivity index is 2.71. The molecule has 13 nitrogen and oxygen atoms in total. The van der Waals surface area contributed by atoms with Gasteiger partial charge in [0.15, 0.2) is 6.29 Å². The molecule has 0 aliphatic carbocycles. The van der Waals surface area contributed by atoms with Crippen LogP contribution in [0.25, 0.3) is 0 Å². The van der Waals surface area contributed by atoms with Gasteiger partial charge >= 0.3 is 10.4 Å². The van der Waals surface area contributed by atoms with Crippen molar-refractivity contribution < 1.29 is 57.0 Å². The number of hydrogen-bond acceptors (Lipinski definition) is 11. The Labute approximate surface area is 312 Å². The number of aliphatic hydroxyl groups is 5. The fraction of sp³-hybridized carbons (Fsp3) is 0.816. The minimum absolute atomic E-state index is 0.235. The van der Waals surface area contributed by atoms with Gasteiger partial charge < -0.3 is 40.3 Å². The number of hydrogen-bond donors (Lipinski definition) is 7. The van der Waals surface area contributed by atoms with Crippen molar-refractivity contribution in [1.29, 1.82) is 0 Å². The van der Waals surface area contributed by atoms with E-state index in [0.717, 1.165) is 44.9 Å². The topological polar surface area (TPSA) is 212 Å². The lowest BCUT2D eigenvalue weighted by Crippen LogP contribution is -2.61. The molecule has 7 N–H and O–H groups in total. The quantitative estimate of drug-likeness (QED) is 0.0284. The van der Waals surface area contributed by atoms with Gasteiger partial charge in [0.05, 0.1) is 25.4 Å². The Bertz CT molecular complexity index is 1100. The van der Waals surface area contributed by atoms with Crippen molar-refractivity contribution in [2.75, 3.05) is 13.2 Å². The highest BCUT2D eigenvalue weighted by Gasteiger charge is 2.48. The Hall–Kier alpha value is -1.72. The molecule has 0 aromatic rings. The zero-order valence-electron chi connectivity index (χ0n) is 31.5. The number of allylic oxidation sites excluding steroid dienone is 5. The highest BCUT2D eigenvalue weighted by molar-refractivity contribution is 7.80. The van der Waals surface area contributed by atoms with E-state index >= 15 is 0 Å². The Kier molecular flexibility index (Phi) is 27.5. The second kappa shape index (κ2) is 29.6. The maximum atomic E-state index is 13.0. The predicted octanol–water partition coefficient (Wildman–Crippen LogP) is 4.96. The summed E-state index contributed by atoms with van der Waals surface area (Å²) >= 11 is 0. The third-order valence-corrected chi connectivity index (χ3v) is 9.49. The first-order valence-corrected chi connectivity index (χ1v) is 20.8. The predicted molar refractivity (Wildman–Crippen MR) is 201 cm³/mol. The normalized spacial score (nSPS) is 23.1. The summed E-state index contributed by atoms with van der Waals surface area (Å²) in [6.07, 6.45) is 19.8. The van der Waals surface area contributed by atoms with Gasteiger partial charge in [-0.2, -0.15) is 8.42 Å². The molecule has 52 heavy (non-hydrogen) atoms. The number of carbonyl (C=O) groups is 1. The van der Waals surface area contributed by atoms with Crippen LogP contribution in [0.15, 0.2) is 36.5 Å². The molecule has 0 bridgehead atoms. The van der Waals surface area contributed by atoms with Crippen LogP contribution in [0.3, 0.4) is 0 Å². The summed E-state index contributed by atoms with van der Waals surface area (Å²) in [6, 6.07) is -1.14. The van der Waals surface area contributed by atoms with E-state index in [9.17, 15) is 38.7 Å². The molecule has 1 aliphatic rings. The molecule has 14 heteroatoms. The molecule has 0 spiro atoms. The summed E-state index contributed by atoms with van der Waals surface area (Å²) in [4.78, 5) is 13.0. The van der Waals surface area contributed by atoms with Crippen LogP contribution in [-0.2, 0) is 28.9 Å². The van der Waals surface area contributed by atoms with E-state index in [1.807, 2.05) is 6.08 Å². The summed E-state index contributed by atoms with van der Waals surface area (Å²) in [6.45, 7) is 3.02. The van der Waals surface area contributed by atoms with Gasteiger partial charge in [-0.1, -0.05) is 134 Å². The van der Waals surface area contributed by atoms with Crippen LogP contribution in [0.4, 0.5) is 0 Å². The molecule has 0 saturated carbocycles. The van der Waals surface area contributed by atoms with Gasteiger partial charge in [0.1, 0.15) is 30.5 Å². The fourth-order valence-electron chi connectivity index (χ4n) is 5.91. The maximum Gasteiger partial charge on any atom is 0.397 e. The minimum atomic E-state index is -5.12. The SMILES string of the molecule is CC/C=C/CC/C=C/CC/C=C/C(O)C(COC1OC(CO)C(O)C(OS(=O)(=O)O)C1O)NC(=O)C(O)CCCCCCCCCCCCCCC. The zero-order valence-corrected chi connectivity index (χ0v) is 32.3. The zero-order chi connectivity index (χ0) is 38.6. The number of unbranched alkanes of at least 4 members (excludes halogenated alkanes) is 14. The van der Waals surface area contributed by atoms with Crippen molar-refractivity contribution in [3.8, 4) is 0 Å². The lowest BCUT2D eigenvalue weighted by atomic mass is 9.99. The van der Waals surface area contributed by atoms with Crippen molar-refractivity contribution in [2.24, 2.45) is 0 Å². The molecule has 0 aromatic heterocycles. The summed E-state index contributed by atoms with van der Waals surface area (Å²) in [5, 5.41) is 54.8. The van der Waals surface area contributed by atoms with Crippen LogP contribution >= 0.6 is 0 Å². The number of amides is 1. The summed E-state index contributed by atoms with van der Waals surface area (Å²) in [7, 11) is -5.12. The van der Waals surface area contributed by atoms with E-state index in [0.29, 0.717) is 12.8 Å². The first kappa shape index (κ1) is 48.3. The average Bonchev–Trinajstić information content (AvgIpc) is 3.11. The first-order chi connectivity index (χ1) is 24.9. The highest BCUT2D eigenvalue weighted by Crippen LogP contribution is 2.26. The van der Waals surface area contributed by atoms with Gasteiger partial charge in [0, 0.05) is 0 Å². The number of carbonyl (C=O) groups excluding carboxylic acids is 1. The smallest absolute Gasteiger partial charge is 0.394 e. The van der Waals surface area contributed by atoms with Crippen LogP contribution in [-0.4, -0.2) is 107 Å². The molecule has 1 rings (SSSR count). The van der Waals surface area contributed by atoms with E-state index < -0.39 is 78.5 Å². The Morgan fingerprint density at radius 2 is 1.31 bits per heavy atom. The molecule has 1 fully saturated rings. The monoisotopic (exact) mass is 763 g/mol. The maximum absolute atomic E-state index is 13.0. The van der Waals surface area contributed by atoms with Crippen molar-refractivity contribution >= 4 is 16.3 Å². The average molecular weight is 764 g/mol. The number of ether oxygens (including phenoxy) is 2. The lowest BCUT2D eigenvalue weighted by molar-refractivity contribution is -0.298. The summed E-state index contributed by atoms with van der Waals surface area (Å²) < 4.78 is 47.2. The Morgan fingerprint density at radius 1 is 0.788 bits per heavy atom. The lowest BCUT2D eigenvalue weighted by Gasteiger charge is -2.41. The van der Waals surface area contributed by atoms with Gasteiger partial charge in [0.2, 0.25) is 5.91 Å². The molecular weight excluding hydrogens is 694 g/mol. The van der Waals surface area contributed by atoms with Gasteiger partial charge in [-0.25, -0.2) is 4.18 Å². The Morgan fingerprint density at radius 3 is 1.83 bits per heavy atom. The standard InChI is InChI=1S/C38H69NO12S/c1-3-5-7-9-11-13-15-16-17-19-21-23-25-27-32(42)37(45)39-30(31(41)26-24-22-20-18-14-12-10-8-6-4-2)29-49-38-35(44)36(51-52(46,47)48)34(43)33(28-40)50-38/h6,8,14,18,24,26,30-36,38,40-44H,3-5,7,9-13,15-17,19-23,25,27-29H2,1-2H3,(H,39,45)(H,46,47,48)/b8-6+,18-14+,26-24+. The van der Waals surface area contributed by atoms with E-state index in [-0.39, 0.29) is 6.42 Å². The third kappa shape index (κ3) is 22.5. The highest BCUT2D eigenvalue weighted by atomic mass is 32.3. The second-order valence-corrected chi connectivity index (χ2v) is 14.7. The van der Waals surface area contributed by atoms with Crippen LogP contribution in [0.2, 0.25) is 0 Å². The van der Waals surface area contributed by atoms with Crippen LogP contribution in [0, 0.1) is 0 Å². The van der Waals surface area contributed by atoms with Crippen molar-refractivity contribution in [2.45, 2.75) is 185 Å². The van der Waals surface area contributed by atoms with Gasteiger partial charge in [-0.05, 0) is 38.5 Å². The molecule has 1 amide bonds. The minimum Gasteiger partial charge on any atom is -0.394 e. The third-order valence-electron chi connectivity index (χ3n) is 9.02. The van der Waals surface area contributed by atoms with Gasteiger partial charge in [0.25, 0.3) is 0 Å². The fourth-order valence-corrected chi connectivity index (χ4v) is 6.42. The molecule has 1 aliphatic heterocycles. The van der Waals surface area contributed by atoms with E-state index in [1.54, 1.807) is 6.08 Å². The molecule has 0 aromatic carbocycles. The molecule has 1 saturated heterocycles. The molecule has 0 radical (unpaired) electrons. The van der Waals surface area contributed by atoms with Gasteiger partial charge in [-0.15, -0.1) is 0 Å². The summed E-state index contributed by atoms with van der Waals surface area (Å²) in [5.41, 5.74) is 0. The number of aliphatic hydroxyl groups excluding tert-OH is 5. The molecule has 1 heterocycles. The van der Waals surface area contributed by atoms with Crippen molar-refractivity contribution in [1.82, 2.24) is 5.32 Å². The molecular formula is C38H69NO12S. The van der Waals surface area contributed by atoms with E-state index in [2.05, 4.69) is 41.6 Å². The van der Waals surface area contributed by atoms with E-state index in [4.69, 9.17) is 14.0 Å². The van der Waals surface area contributed by atoms with Crippen LogP contribution in [0.1, 0.15) is 136 Å². The largest absolute Gasteiger partial charge is 0.397 e. The van der Waals surface area contributed by atoms with Crippen molar-refractivity contribution in [3.63, 3.8) is 0 Å². The number of nitrogens with one attached hydrogen (secondary N) is 1. The van der Waals surface area contributed by atoms with Crippen molar-refractivity contribution in [3.05, 3.63) is 36.5 Å². The molecule has 304 valence electrons. The van der Waals surface area contributed by atoms with Crippen LogP contribution in [0.5, 0.6) is 0 Å².